The number of aromatic nitrogens is 4. The van der Waals surface area contributed by atoms with E-state index in [4.69, 9.17) is 5.73 Å². The fourth-order valence-electron chi connectivity index (χ4n) is 3.76. The van der Waals surface area contributed by atoms with Gasteiger partial charge in [-0.3, -0.25) is 9.59 Å². The number of rotatable bonds is 4. The van der Waals surface area contributed by atoms with Gasteiger partial charge in [0, 0.05) is 5.92 Å². The number of nitrogens with two attached hydrogens (primary N) is 1. The number of carboxylic acid groups (broad SMARTS) is 1. The van der Waals surface area contributed by atoms with Crippen LogP contribution in [0.4, 0.5) is 5.82 Å². The SMILES string of the molecule is Nc1ncnc2c1ncn2CC(=O)C1[C@H](C(=O)O)C[C@H]2C[C@@H]12. The molecule has 0 saturated heterocycles. The lowest BCUT2D eigenvalue weighted by Gasteiger charge is -2.17. The van der Waals surface area contributed by atoms with Gasteiger partial charge in [-0.25, -0.2) is 15.0 Å². The highest BCUT2D eigenvalue weighted by Crippen LogP contribution is 2.58. The second kappa shape index (κ2) is 4.49. The minimum Gasteiger partial charge on any atom is -0.481 e. The van der Waals surface area contributed by atoms with Crippen molar-refractivity contribution in [3.8, 4) is 0 Å². The van der Waals surface area contributed by atoms with Gasteiger partial charge in [-0.15, -0.1) is 0 Å². The largest absolute Gasteiger partial charge is 0.481 e. The first-order valence-corrected chi connectivity index (χ1v) is 7.23. The highest BCUT2D eigenvalue weighted by Gasteiger charge is 2.58. The summed E-state index contributed by atoms with van der Waals surface area (Å²) in [6.07, 6.45) is 4.42. The first kappa shape index (κ1) is 13.2. The van der Waals surface area contributed by atoms with E-state index in [9.17, 15) is 14.7 Å². The lowest BCUT2D eigenvalue weighted by atomic mass is 9.87. The lowest BCUT2D eigenvalue weighted by molar-refractivity contribution is -0.146. The molecule has 22 heavy (non-hydrogen) atoms. The van der Waals surface area contributed by atoms with E-state index in [0.717, 1.165) is 6.42 Å². The van der Waals surface area contributed by atoms with E-state index in [-0.39, 0.29) is 30.0 Å². The Kier molecular flexibility index (Phi) is 2.69. The molecule has 2 aromatic rings. The van der Waals surface area contributed by atoms with Crippen molar-refractivity contribution in [1.82, 2.24) is 19.5 Å². The molecule has 4 atom stereocenters. The molecule has 0 bridgehead atoms. The molecule has 2 fully saturated rings. The Morgan fingerprint density at radius 1 is 1.32 bits per heavy atom. The van der Waals surface area contributed by atoms with Crippen LogP contribution >= 0.6 is 0 Å². The molecule has 3 N–H and O–H groups in total. The molecule has 1 unspecified atom stereocenters. The number of aliphatic carboxylic acids is 1. The highest BCUT2D eigenvalue weighted by molar-refractivity contribution is 5.89. The first-order valence-electron chi connectivity index (χ1n) is 7.23. The van der Waals surface area contributed by atoms with Gasteiger partial charge in [0.05, 0.1) is 18.8 Å². The van der Waals surface area contributed by atoms with Crippen molar-refractivity contribution in [2.45, 2.75) is 19.4 Å². The van der Waals surface area contributed by atoms with Gasteiger partial charge in [0.15, 0.2) is 17.2 Å². The van der Waals surface area contributed by atoms with Crippen molar-refractivity contribution in [3.63, 3.8) is 0 Å². The number of carbonyl (C=O) groups is 2. The normalized spacial score (nSPS) is 29.5. The van der Waals surface area contributed by atoms with Crippen LogP contribution in [-0.2, 0) is 16.1 Å². The number of ketones is 1. The van der Waals surface area contributed by atoms with Crippen LogP contribution in [-0.4, -0.2) is 36.4 Å². The number of nitrogen functional groups attached to an aromatic ring is 1. The van der Waals surface area contributed by atoms with Crippen molar-refractivity contribution in [1.29, 1.82) is 0 Å². The van der Waals surface area contributed by atoms with Gasteiger partial charge in [0.25, 0.3) is 0 Å². The molecule has 0 radical (unpaired) electrons. The summed E-state index contributed by atoms with van der Waals surface area (Å²) in [7, 11) is 0. The van der Waals surface area contributed by atoms with Gasteiger partial charge in [-0.05, 0) is 24.7 Å². The summed E-state index contributed by atoms with van der Waals surface area (Å²) in [5, 5.41) is 9.30. The summed E-state index contributed by atoms with van der Waals surface area (Å²) in [5.41, 5.74) is 6.68. The Morgan fingerprint density at radius 3 is 2.91 bits per heavy atom. The second-order valence-corrected chi connectivity index (χ2v) is 6.14. The Labute approximate surface area is 125 Å². The molecule has 114 valence electrons. The number of hydrogen-bond acceptors (Lipinski definition) is 6. The van der Waals surface area contributed by atoms with Crippen LogP contribution in [0.5, 0.6) is 0 Å². The molecule has 2 aliphatic carbocycles. The molecule has 8 nitrogen and oxygen atoms in total. The maximum absolute atomic E-state index is 12.6. The predicted molar refractivity (Wildman–Crippen MR) is 75.6 cm³/mol. The Hall–Kier alpha value is -2.51. The summed E-state index contributed by atoms with van der Waals surface area (Å²) >= 11 is 0. The van der Waals surface area contributed by atoms with E-state index >= 15 is 0 Å². The van der Waals surface area contributed by atoms with Crippen LogP contribution in [0.3, 0.4) is 0 Å². The molecule has 0 amide bonds. The van der Waals surface area contributed by atoms with Gasteiger partial charge in [0.1, 0.15) is 11.8 Å². The number of imidazole rings is 1. The van der Waals surface area contributed by atoms with Crippen molar-refractivity contribution < 1.29 is 14.7 Å². The number of carboxylic acids is 1. The third kappa shape index (κ3) is 1.87. The lowest BCUT2D eigenvalue weighted by Crippen LogP contribution is -2.30. The van der Waals surface area contributed by atoms with E-state index in [1.54, 1.807) is 4.57 Å². The van der Waals surface area contributed by atoms with Crippen LogP contribution in [0, 0.1) is 23.7 Å². The zero-order chi connectivity index (χ0) is 15.4. The summed E-state index contributed by atoms with van der Waals surface area (Å²) < 4.78 is 1.62. The maximum Gasteiger partial charge on any atom is 0.307 e. The van der Waals surface area contributed by atoms with E-state index in [1.165, 1.54) is 12.7 Å². The quantitative estimate of drug-likeness (QED) is 0.834. The Bertz CT molecular complexity index is 786. The third-order valence-electron chi connectivity index (χ3n) is 4.87. The smallest absolute Gasteiger partial charge is 0.307 e. The number of anilines is 1. The zero-order valence-corrected chi connectivity index (χ0v) is 11.7. The summed E-state index contributed by atoms with van der Waals surface area (Å²) in [4.78, 5) is 36.0. The maximum atomic E-state index is 12.6. The monoisotopic (exact) mass is 301 g/mol. The van der Waals surface area contributed by atoms with Gasteiger partial charge in [-0.2, -0.15) is 0 Å². The number of hydrogen-bond donors (Lipinski definition) is 2. The van der Waals surface area contributed by atoms with Gasteiger partial charge >= 0.3 is 5.97 Å². The van der Waals surface area contributed by atoms with Crippen LogP contribution in [0.15, 0.2) is 12.7 Å². The van der Waals surface area contributed by atoms with Gasteiger partial charge < -0.3 is 15.4 Å². The molecular weight excluding hydrogens is 286 g/mol. The summed E-state index contributed by atoms with van der Waals surface area (Å²) in [6, 6.07) is 0. The number of nitrogens with zero attached hydrogens (tertiary/aromatic N) is 4. The van der Waals surface area contributed by atoms with Crippen LogP contribution in [0.1, 0.15) is 12.8 Å². The minimum absolute atomic E-state index is 0.0612. The van der Waals surface area contributed by atoms with E-state index in [1.807, 2.05) is 0 Å². The predicted octanol–water partition coefficient (Wildman–Crippen LogP) is 0.334. The van der Waals surface area contributed by atoms with Crippen molar-refractivity contribution >= 4 is 28.7 Å². The van der Waals surface area contributed by atoms with Gasteiger partial charge in [0.2, 0.25) is 0 Å². The molecule has 8 heteroatoms. The number of fused-ring (bicyclic) bond motifs is 2. The summed E-state index contributed by atoms with van der Waals surface area (Å²) in [5.74, 6) is -0.954. The van der Waals surface area contributed by atoms with E-state index in [2.05, 4.69) is 15.0 Å². The second-order valence-electron chi connectivity index (χ2n) is 6.14. The standard InChI is InChI=1S/C14H15N5O3/c15-12-11-13(17-4-16-12)19(5-18-11)3-9(20)10-7-1-6(7)2-8(10)14(21)22/h4-8,10H,1-3H2,(H,21,22)(H2,15,16,17)/t6-,7-,8-,10?/m1/s1. The van der Waals surface area contributed by atoms with Crippen LogP contribution in [0.2, 0.25) is 0 Å². The third-order valence-corrected chi connectivity index (χ3v) is 4.87. The Balaban J connectivity index is 1.61. The molecular formula is C14H15N5O3. The number of carbonyl (C=O) groups excluding carboxylic acids is 1. The average Bonchev–Trinajstić information content (AvgIpc) is 2.94. The minimum atomic E-state index is -0.868. The molecule has 0 spiro atoms. The van der Waals surface area contributed by atoms with Gasteiger partial charge in [-0.1, -0.05) is 0 Å². The van der Waals surface area contributed by atoms with Crippen LogP contribution in [0.25, 0.3) is 11.2 Å². The topological polar surface area (TPSA) is 124 Å². The average molecular weight is 301 g/mol. The molecule has 4 rings (SSSR count). The molecule has 2 heterocycles. The fraction of sp³-hybridized carbons (Fsp3) is 0.500. The van der Waals surface area contributed by atoms with Crippen molar-refractivity contribution in [3.05, 3.63) is 12.7 Å². The van der Waals surface area contributed by atoms with Crippen LogP contribution < -0.4 is 5.73 Å². The molecule has 2 saturated carbocycles. The molecule has 2 aliphatic rings. The first-order chi connectivity index (χ1) is 10.6. The zero-order valence-electron chi connectivity index (χ0n) is 11.7. The molecule has 0 aromatic carbocycles. The Morgan fingerprint density at radius 2 is 2.14 bits per heavy atom. The van der Waals surface area contributed by atoms with E-state index in [0.29, 0.717) is 23.5 Å². The molecule has 0 aliphatic heterocycles. The highest BCUT2D eigenvalue weighted by atomic mass is 16.4. The molecule has 2 aromatic heterocycles. The van der Waals surface area contributed by atoms with E-state index < -0.39 is 11.9 Å². The number of Topliss-reactive ketones (excluding diaryl/α,β-unsaturated/α-hetero) is 1. The van der Waals surface area contributed by atoms with Crippen molar-refractivity contribution in [2.24, 2.45) is 23.7 Å². The fourth-order valence-corrected chi connectivity index (χ4v) is 3.76. The summed E-state index contributed by atoms with van der Waals surface area (Å²) in [6.45, 7) is 0.0740. The van der Waals surface area contributed by atoms with Crippen molar-refractivity contribution in [2.75, 3.05) is 5.73 Å².